The minimum absolute atomic E-state index is 0.0541. The van der Waals surface area contributed by atoms with Gasteiger partial charge in [0.15, 0.2) is 5.60 Å². The molecule has 7 rings (SSSR count). The van der Waals surface area contributed by atoms with E-state index in [1.807, 2.05) is 24.3 Å². The number of hydrogen-bond acceptors (Lipinski definition) is 3. The van der Waals surface area contributed by atoms with Crippen LogP contribution in [0.1, 0.15) is 41.7 Å². The zero-order valence-electron chi connectivity index (χ0n) is 22.4. The highest BCUT2D eigenvalue weighted by atomic mass is 19.1. The van der Waals surface area contributed by atoms with Crippen molar-refractivity contribution in [1.82, 2.24) is 0 Å². The van der Waals surface area contributed by atoms with Gasteiger partial charge >= 0.3 is 0 Å². The minimum Gasteiger partial charge on any atom is -0.491 e. The van der Waals surface area contributed by atoms with Gasteiger partial charge in [-0.1, -0.05) is 92.7 Å². The lowest BCUT2D eigenvalue weighted by Gasteiger charge is -2.38. The van der Waals surface area contributed by atoms with Gasteiger partial charge in [0.1, 0.15) is 23.9 Å². The Balaban J connectivity index is 1.48. The predicted octanol–water partition coefficient (Wildman–Crippen LogP) is 8.01. The van der Waals surface area contributed by atoms with Gasteiger partial charge in [0, 0.05) is 27.5 Å². The van der Waals surface area contributed by atoms with Crippen LogP contribution in [0, 0.1) is 5.82 Å². The molecule has 4 heteroatoms. The molecule has 1 unspecified atom stereocenters. The van der Waals surface area contributed by atoms with E-state index in [4.69, 9.17) is 14.6 Å². The molecular formula is C36H29FO3. The van der Waals surface area contributed by atoms with Gasteiger partial charge in [-0.3, -0.25) is 0 Å². The smallest absolute Gasteiger partial charge is 0.178 e. The first kappa shape index (κ1) is 24.6. The van der Waals surface area contributed by atoms with E-state index in [9.17, 15) is 4.39 Å². The van der Waals surface area contributed by atoms with Gasteiger partial charge in [0.05, 0.1) is 6.61 Å². The summed E-state index contributed by atoms with van der Waals surface area (Å²) in [6, 6.07) is 31.3. The Morgan fingerprint density at radius 3 is 2.17 bits per heavy atom. The fourth-order valence-electron chi connectivity index (χ4n) is 6.54. The highest BCUT2D eigenvalue weighted by Crippen LogP contribution is 2.57. The van der Waals surface area contributed by atoms with Crippen LogP contribution in [-0.2, 0) is 11.0 Å². The van der Waals surface area contributed by atoms with Crippen LogP contribution in [0.15, 0.2) is 103 Å². The van der Waals surface area contributed by atoms with E-state index < -0.39 is 5.60 Å². The van der Waals surface area contributed by atoms with Crippen molar-refractivity contribution in [3.63, 3.8) is 0 Å². The molecule has 198 valence electrons. The molecule has 0 amide bonds. The largest absolute Gasteiger partial charge is 0.491 e. The van der Waals surface area contributed by atoms with Gasteiger partial charge in [0.2, 0.25) is 0 Å². The SMILES string of the molecule is CC1(C)c2ccccc2-c2c1c1c(c3ccccc23)OC(c2ccc(F)cc2)(c2ccc(OCCO)cc2)C=C1. The molecule has 0 saturated carbocycles. The lowest BCUT2D eigenvalue weighted by molar-refractivity contribution is 0.163. The van der Waals surface area contributed by atoms with E-state index in [1.165, 1.54) is 34.4 Å². The molecule has 1 atom stereocenters. The second kappa shape index (κ2) is 9.07. The number of halogens is 1. The summed E-state index contributed by atoms with van der Waals surface area (Å²) in [5.41, 5.74) is 6.71. The Hall–Kier alpha value is -4.41. The standard InChI is InChI=1S/C36H29FO3/c1-35(2)31-10-6-5-9-29(31)32-27-7-3-4-8-28(27)34-30(33(32)35)19-20-36(40-34,23-11-15-25(37)16-12-23)24-13-17-26(18-14-24)39-22-21-38/h3-20,38H,21-22H2,1-2H3. The van der Waals surface area contributed by atoms with Crippen molar-refractivity contribution >= 4 is 16.8 Å². The summed E-state index contributed by atoms with van der Waals surface area (Å²) in [6.07, 6.45) is 4.29. The zero-order valence-corrected chi connectivity index (χ0v) is 22.4. The van der Waals surface area contributed by atoms with E-state index in [-0.39, 0.29) is 24.4 Å². The monoisotopic (exact) mass is 528 g/mol. The number of fused-ring (bicyclic) bond motifs is 8. The maximum absolute atomic E-state index is 14.1. The first-order valence-corrected chi connectivity index (χ1v) is 13.6. The minimum atomic E-state index is -0.983. The second-order valence-electron chi connectivity index (χ2n) is 11.0. The summed E-state index contributed by atoms with van der Waals surface area (Å²) in [6.45, 7) is 4.74. The van der Waals surface area contributed by atoms with Gasteiger partial charge in [-0.05, 0) is 58.0 Å². The van der Waals surface area contributed by atoms with Gasteiger partial charge in [-0.25, -0.2) is 4.39 Å². The topological polar surface area (TPSA) is 38.7 Å². The average molecular weight is 529 g/mol. The molecule has 5 aromatic rings. The molecule has 1 N–H and O–H groups in total. The van der Waals surface area contributed by atoms with E-state index in [1.54, 1.807) is 12.1 Å². The van der Waals surface area contributed by atoms with Crippen molar-refractivity contribution in [2.45, 2.75) is 24.9 Å². The molecule has 0 radical (unpaired) electrons. The van der Waals surface area contributed by atoms with Crippen LogP contribution >= 0.6 is 0 Å². The average Bonchev–Trinajstić information content (AvgIpc) is 3.23. The van der Waals surface area contributed by atoms with E-state index in [2.05, 4.69) is 74.5 Å². The Labute approximate surface area is 233 Å². The van der Waals surface area contributed by atoms with Crippen LogP contribution in [0.25, 0.3) is 28.0 Å². The van der Waals surface area contributed by atoms with Crippen molar-refractivity contribution in [3.8, 4) is 22.6 Å². The van der Waals surface area contributed by atoms with Crippen LogP contribution in [-0.4, -0.2) is 18.3 Å². The third-order valence-corrected chi connectivity index (χ3v) is 8.36. The molecule has 3 nitrogen and oxygen atoms in total. The fraction of sp³-hybridized carbons (Fsp3) is 0.167. The molecule has 1 heterocycles. The summed E-state index contributed by atoms with van der Waals surface area (Å²) < 4.78 is 26.9. The first-order valence-electron chi connectivity index (χ1n) is 13.6. The summed E-state index contributed by atoms with van der Waals surface area (Å²) >= 11 is 0. The zero-order chi connectivity index (χ0) is 27.5. The lowest BCUT2D eigenvalue weighted by Crippen LogP contribution is -2.35. The number of aliphatic hydroxyl groups excluding tert-OH is 1. The summed E-state index contributed by atoms with van der Waals surface area (Å²) in [5.74, 6) is 1.19. The van der Waals surface area contributed by atoms with Crippen molar-refractivity contribution in [1.29, 1.82) is 0 Å². The van der Waals surface area contributed by atoms with Crippen molar-refractivity contribution in [3.05, 3.63) is 137 Å². The first-order chi connectivity index (χ1) is 19.4. The van der Waals surface area contributed by atoms with Crippen LogP contribution in [0.2, 0.25) is 0 Å². The molecule has 1 aliphatic heterocycles. The number of aliphatic hydroxyl groups is 1. The third-order valence-electron chi connectivity index (χ3n) is 8.36. The van der Waals surface area contributed by atoms with Crippen molar-refractivity contribution in [2.75, 3.05) is 13.2 Å². The number of hydrogen-bond donors (Lipinski definition) is 1. The Bertz CT molecular complexity index is 1780. The van der Waals surface area contributed by atoms with E-state index in [0.717, 1.165) is 33.2 Å². The maximum atomic E-state index is 14.1. The molecule has 5 aromatic carbocycles. The van der Waals surface area contributed by atoms with Crippen LogP contribution in [0.4, 0.5) is 4.39 Å². The van der Waals surface area contributed by atoms with Gasteiger partial charge < -0.3 is 14.6 Å². The quantitative estimate of drug-likeness (QED) is 0.251. The molecule has 0 bridgehead atoms. The van der Waals surface area contributed by atoms with Gasteiger partial charge in [-0.2, -0.15) is 0 Å². The van der Waals surface area contributed by atoms with Crippen molar-refractivity contribution < 1.29 is 19.0 Å². The van der Waals surface area contributed by atoms with Crippen LogP contribution in [0.3, 0.4) is 0 Å². The molecule has 0 aromatic heterocycles. The Morgan fingerprint density at radius 2 is 1.45 bits per heavy atom. The van der Waals surface area contributed by atoms with Crippen LogP contribution in [0.5, 0.6) is 11.5 Å². The Morgan fingerprint density at radius 1 is 0.800 bits per heavy atom. The molecule has 2 aliphatic rings. The summed E-state index contributed by atoms with van der Waals surface area (Å²) in [5, 5.41) is 11.4. The van der Waals surface area contributed by atoms with Gasteiger partial charge in [-0.15, -0.1) is 0 Å². The molecule has 0 fully saturated rings. The highest BCUT2D eigenvalue weighted by Gasteiger charge is 2.44. The third kappa shape index (κ3) is 3.53. The fourth-order valence-corrected chi connectivity index (χ4v) is 6.54. The Kier molecular flexibility index (Phi) is 5.58. The summed E-state index contributed by atoms with van der Waals surface area (Å²) in [7, 11) is 0. The van der Waals surface area contributed by atoms with Gasteiger partial charge in [0.25, 0.3) is 0 Å². The van der Waals surface area contributed by atoms with Crippen molar-refractivity contribution in [2.24, 2.45) is 0 Å². The highest BCUT2D eigenvalue weighted by molar-refractivity contribution is 6.08. The predicted molar refractivity (Wildman–Crippen MR) is 157 cm³/mol. The molecule has 0 spiro atoms. The molecule has 40 heavy (non-hydrogen) atoms. The van der Waals surface area contributed by atoms with E-state index in [0.29, 0.717) is 5.75 Å². The number of benzene rings is 5. The molecule has 0 saturated heterocycles. The molecule has 1 aliphatic carbocycles. The maximum Gasteiger partial charge on any atom is 0.178 e. The summed E-state index contributed by atoms with van der Waals surface area (Å²) in [4.78, 5) is 0. The number of ether oxygens (including phenoxy) is 2. The lowest BCUT2D eigenvalue weighted by atomic mass is 9.77. The second-order valence-corrected chi connectivity index (χ2v) is 11.0. The number of rotatable bonds is 5. The van der Waals surface area contributed by atoms with Crippen LogP contribution < -0.4 is 9.47 Å². The normalized spacial score (nSPS) is 18.1. The van der Waals surface area contributed by atoms with E-state index >= 15 is 0 Å². The molecular weight excluding hydrogens is 499 g/mol.